The van der Waals surface area contributed by atoms with Crippen LogP contribution in [0.3, 0.4) is 0 Å². The maximum Gasteiger partial charge on any atom is 0.235 e. The first kappa shape index (κ1) is 52.9. The van der Waals surface area contributed by atoms with Crippen molar-refractivity contribution in [1.82, 2.24) is 29.5 Å². The molecule has 13 heteroatoms. The lowest BCUT2D eigenvalue weighted by Gasteiger charge is -2.11. The van der Waals surface area contributed by atoms with Crippen molar-refractivity contribution in [2.75, 3.05) is 0 Å². The van der Waals surface area contributed by atoms with Gasteiger partial charge in [0.2, 0.25) is 11.2 Å². The summed E-state index contributed by atoms with van der Waals surface area (Å²) in [7, 11) is 0. The van der Waals surface area contributed by atoms with E-state index in [4.69, 9.17) is 30.4 Å². The van der Waals surface area contributed by atoms with Crippen LogP contribution in [0.15, 0.2) is 264 Å². The molecule has 22 rings (SSSR count). The molecule has 22 aromatic rings. The van der Waals surface area contributed by atoms with Gasteiger partial charge in [-0.1, -0.05) is 194 Å². The predicted molar refractivity (Wildman–Crippen MR) is 396 cm³/mol. The minimum atomic E-state index is 0.245. The second-order valence-electron chi connectivity index (χ2n) is 23.2. The lowest BCUT2D eigenvalue weighted by molar-refractivity contribution is 0.669. The van der Waals surface area contributed by atoms with Crippen molar-refractivity contribution in [1.29, 1.82) is 0 Å². The van der Waals surface area contributed by atoms with E-state index in [2.05, 4.69) is 220 Å². The van der Waals surface area contributed by atoms with E-state index >= 15 is 0 Å². The number of thiophene rings is 4. The Bertz CT molecular complexity index is 6790. The van der Waals surface area contributed by atoms with Crippen LogP contribution in [0.2, 0.25) is 5.28 Å². The zero-order chi connectivity index (χ0) is 61.0. The molecule has 0 aliphatic rings. The monoisotopic (exact) mass is 1280 g/mol. The van der Waals surface area contributed by atoms with Crippen molar-refractivity contribution in [3.8, 4) is 28.5 Å². The van der Waals surface area contributed by atoms with Gasteiger partial charge in [0, 0.05) is 111 Å². The zero-order valence-corrected chi connectivity index (χ0v) is 52.8. The quantitative estimate of drug-likeness (QED) is 0.177. The third kappa shape index (κ3) is 8.06. The number of para-hydroxylation sites is 6. The van der Waals surface area contributed by atoms with Gasteiger partial charge in [0.15, 0.2) is 0 Å². The van der Waals surface area contributed by atoms with Gasteiger partial charge in [0.25, 0.3) is 0 Å². The van der Waals surface area contributed by atoms with Gasteiger partial charge in [-0.3, -0.25) is 4.57 Å². The summed E-state index contributed by atoms with van der Waals surface area (Å²) in [5.41, 5.74) is 13.6. The minimum Gasteiger partial charge on any atom is -0.455 e. The molecule has 0 aliphatic carbocycles. The van der Waals surface area contributed by atoms with E-state index < -0.39 is 0 Å². The molecular weight excluding hydrogens is 1240 g/mol. The third-order valence-corrected chi connectivity index (χ3v) is 23.0. The summed E-state index contributed by atoms with van der Waals surface area (Å²) < 4.78 is 24.7. The molecule has 12 aromatic carbocycles. The Morgan fingerprint density at radius 1 is 0.323 bits per heavy atom. The third-order valence-electron chi connectivity index (χ3n) is 18.1. The molecule has 10 aromatic heterocycles. The smallest absolute Gasteiger partial charge is 0.235 e. The number of benzene rings is 12. The number of hydrogen-bond acceptors (Lipinski definition) is 10. The van der Waals surface area contributed by atoms with Gasteiger partial charge in [-0.25, -0.2) is 19.9 Å². The number of rotatable bonds is 3. The van der Waals surface area contributed by atoms with Crippen LogP contribution in [0.5, 0.6) is 0 Å². The number of nitrogens with zero attached hydrogens (tertiary/aromatic N) is 5. The predicted octanol–water partition coefficient (Wildman–Crippen LogP) is 24.6. The van der Waals surface area contributed by atoms with Gasteiger partial charge in [-0.05, 0) is 72.3 Å². The molecule has 0 saturated carbocycles. The van der Waals surface area contributed by atoms with E-state index in [9.17, 15) is 0 Å². The van der Waals surface area contributed by atoms with Gasteiger partial charge in [0.05, 0.1) is 57.8 Å². The average Bonchev–Trinajstić information content (AvgIpc) is 1.58. The Morgan fingerprint density at radius 3 is 1.39 bits per heavy atom. The topological polar surface area (TPSA) is 98.6 Å². The summed E-state index contributed by atoms with van der Waals surface area (Å²) >= 11 is 13.5. The molecule has 0 bridgehead atoms. The first-order chi connectivity index (χ1) is 46.0. The van der Waals surface area contributed by atoms with Crippen molar-refractivity contribution in [3.63, 3.8) is 0 Å². The summed E-state index contributed by atoms with van der Waals surface area (Å²) in [6.07, 6.45) is 0. The zero-order valence-electron chi connectivity index (χ0n) is 48.8. The van der Waals surface area contributed by atoms with E-state index in [0.29, 0.717) is 5.95 Å². The van der Waals surface area contributed by atoms with Crippen LogP contribution >= 0.6 is 56.9 Å². The fraction of sp³-hybridized carbons (Fsp3) is 0. The first-order valence-electron chi connectivity index (χ1n) is 30.5. The number of hydrogen-bond donors (Lipinski definition) is 1. The van der Waals surface area contributed by atoms with Crippen molar-refractivity contribution in [2.24, 2.45) is 0 Å². The summed E-state index contributed by atoms with van der Waals surface area (Å²) in [6, 6.07) is 89.1. The maximum absolute atomic E-state index is 6.56. The Morgan fingerprint density at radius 2 is 0.763 bits per heavy atom. The van der Waals surface area contributed by atoms with Crippen LogP contribution < -0.4 is 0 Å². The highest BCUT2D eigenvalue weighted by molar-refractivity contribution is 7.27. The lowest BCUT2D eigenvalue weighted by Crippen LogP contribution is -2.03. The first-order valence-corrected chi connectivity index (χ1v) is 34.2. The molecule has 0 unspecified atom stereocenters. The fourth-order valence-electron chi connectivity index (χ4n) is 14.0. The van der Waals surface area contributed by atoms with Crippen LogP contribution in [-0.2, 0) is 0 Å². The molecule has 93 heavy (non-hydrogen) atoms. The van der Waals surface area contributed by atoms with E-state index in [-0.39, 0.29) is 5.28 Å². The number of H-pyrrole nitrogens is 1. The highest BCUT2D eigenvalue weighted by Gasteiger charge is 2.25. The highest BCUT2D eigenvalue weighted by atomic mass is 35.5. The second-order valence-corrected chi connectivity index (χ2v) is 27.8. The largest absolute Gasteiger partial charge is 0.455 e. The van der Waals surface area contributed by atoms with Gasteiger partial charge in [-0.15, -0.1) is 45.3 Å². The Balaban J connectivity index is 0.000000107. The number of fused-ring (bicyclic) bond motifs is 26. The molecular formula is C80H43ClN6O2S4. The highest BCUT2D eigenvalue weighted by Crippen LogP contribution is 2.48. The van der Waals surface area contributed by atoms with Gasteiger partial charge in [0.1, 0.15) is 22.3 Å². The van der Waals surface area contributed by atoms with E-state index in [1.165, 1.54) is 82.3 Å². The van der Waals surface area contributed by atoms with Gasteiger partial charge >= 0.3 is 0 Å². The standard InChI is InChI=1S/C40H21N3OS2.C22H11ClN2OS.C18H11NS/c1-5-16-30-22(10-1)25-20-21-27-24-12-3-7-18-32(24)45-38(27)36(25)43(30)40-41-34-28-13-4-8-19-33(28)46-39(34)35(42-40)29-15-9-14-26-23-11-2-6-17-31(23)44-37(26)29;23-22-24-18-14-7-2-4-11-17(14)27-21(18)19(25-22)15-9-5-8-13-12-6-1-3-10-16(12)26-20(13)15;1-3-7-15-11(5-1)13-9-10-14-12-6-2-4-8-16(12)20-18(14)17(13)19-15/h1-21H;1-11H;1-10,19H. The summed E-state index contributed by atoms with van der Waals surface area (Å²) in [5, 5.41) is 17.1. The second kappa shape index (κ2) is 20.6. The molecule has 10 heterocycles. The van der Waals surface area contributed by atoms with Crippen molar-refractivity contribution in [3.05, 3.63) is 260 Å². The van der Waals surface area contributed by atoms with Crippen LogP contribution in [0.4, 0.5) is 0 Å². The fourth-order valence-corrected chi connectivity index (χ4v) is 18.9. The Kier molecular flexibility index (Phi) is 11.7. The van der Waals surface area contributed by atoms with Crippen molar-refractivity contribution >= 4 is 225 Å². The van der Waals surface area contributed by atoms with Gasteiger partial charge in [-0.2, -0.15) is 0 Å². The molecule has 0 saturated heterocycles. The molecule has 8 nitrogen and oxygen atoms in total. The van der Waals surface area contributed by atoms with Gasteiger partial charge < -0.3 is 13.8 Å². The Labute approximate surface area is 548 Å². The number of nitrogens with one attached hydrogen (secondary N) is 1. The van der Waals surface area contributed by atoms with Crippen LogP contribution in [0, 0.1) is 0 Å². The lowest BCUT2D eigenvalue weighted by atomic mass is 10.1. The van der Waals surface area contributed by atoms with Crippen molar-refractivity contribution < 1.29 is 8.83 Å². The Hall–Kier alpha value is -10.8. The molecule has 0 amide bonds. The minimum absolute atomic E-state index is 0.245. The molecule has 0 fully saturated rings. The van der Waals surface area contributed by atoms with E-state index in [1.807, 2.05) is 77.3 Å². The molecule has 0 atom stereocenters. The normalized spacial score (nSPS) is 12.1. The molecule has 1 N–H and O–H groups in total. The maximum atomic E-state index is 6.56. The number of halogens is 1. The number of aromatic nitrogens is 6. The molecule has 0 aliphatic heterocycles. The molecule has 0 spiro atoms. The summed E-state index contributed by atoms with van der Waals surface area (Å²) in [4.78, 5) is 23.6. The summed E-state index contributed by atoms with van der Waals surface area (Å²) in [5.74, 6) is 0.662. The van der Waals surface area contributed by atoms with Crippen LogP contribution in [-0.4, -0.2) is 29.5 Å². The number of furan rings is 2. The van der Waals surface area contributed by atoms with E-state index in [0.717, 1.165) is 109 Å². The number of aromatic amines is 1. The average molecular weight is 1280 g/mol. The SMILES string of the molecule is Clc1nc(-c2cccc3c2oc2ccccc23)c2sc3ccccc3c2n1.c1ccc2c(c1)[nH]c1c2ccc2c3ccccc3sc21.c1ccc2c(c1)oc1c(-c3nc(-n4c5ccccc5c5ccc6c7ccccc7sc6c54)nc4c3sc3ccccc34)cccc12. The molecule has 436 valence electrons. The van der Waals surface area contributed by atoms with Crippen molar-refractivity contribution in [2.45, 2.75) is 0 Å². The van der Waals surface area contributed by atoms with Crippen LogP contribution in [0.1, 0.15) is 0 Å². The van der Waals surface area contributed by atoms with Crippen LogP contribution in [0.25, 0.3) is 197 Å². The van der Waals surface area contributed by atoms with E-state index in [1.54, 1.807) is 22.7 Å². The molecule has 0 radical (unpaired) electrons. The summed E-state index contributed by atoms with van der Waals surface area (Å²) in [6.45, 7) is 0.